The molecule has 0 aliphatic carbocycles. The lowest BCUT2D eigenvalue weighted by atomic mass is 10.2. The quantitative estimate of drug-likeness (QED) is 0.625. The SMILES string of the molecule is CCn1c(SCC(=O)Nc2cccc(F)c2)nnc1-c1ccccc1OC. The highest BCUT2D eigenvalue weighted by molar-refractivity contribution is 7.99. The largest absolute Gasteiger partial charge is 0.496 e. The van der Waals surface area contributed by atoms with Crippen molar-refractivity contribution >= 4 is 23.4 Å². The average Bonchev–Trinajstić information content (AvgIpc) is 3.09. The highest BCUT2D eigenvalue weighted by Gasteiger charge is 2.17. The van der Waals surface area contributed by atoms with Gasteiger partial charge in [0.05, 0.1) is 18.4 Å². The second kappa shape index (κ2) is 8.68. The van der Waals surface area contributed by atoms with Crippen LogP contribution in [0.25, 0.3) is 11.4 Å². The molecule has 1 N–H and O–H groups in total. The summed E-state index contributed by atoms with van der Waals surface area (Å²) < 4.78 is 20.5. The fourth-order valence-electron chi connectivity index (χ4n) is 2.60. The summed E-state index contributed by atoms with van der Waals surface area (Å²) in [5.41, 5.74) is 1.26. The number of hydrogen-bond donors (Lipinski definition) is 1. The van der Waals surface area contributed by atoms with Gasteiger partial charge in [-0.15, -0.1) is 10.2 Å². The van der Waals surface area contributed by atoms with Gasteiger partial charge >= 0.3 is 0 Å². The Kier molecular flexibility index (Phi) is 6.08. The first kappa shape index (κ1) is 18.9. The summed E-state index contributed by atoms with van der Waals surface area (Å²) in [5, 5.41) is 11.8. The van der Waals surface area contributed by atoms with Gasteiger partial charge in [-0.1, -0.05) is 30.0 Å². The van der Waals surface area contributed by atoms with E-state index in [-0.39, 0.29) is 11.7 Å². The van der Waals surface area contributed by atoms with Crippen molar-refractivity contribution in [2.24, 2.45) is 0 Å². The molecule has 0 saturated carbocycles. The van der Waals surface area contributed by atoms with Crippen molar-refractivity contribution in [2.45, 2.75) is 18.6 Å². The second-order valence-electron chi connectivity index (χ2n) is 5.60. The van der Waals surface area contributed by atoms with Gasteiger partial charge in [0.15, 0.2) is 11.0 Å². The Balaban J connectivity index is 1.72. The molecule has 0 saturated heterocycles. The van der Waals surface area contributed by atoms with Crippen molar-refractivity contribution in [1.29, 1.82) is 0 Å². The number of benzene rings is 2. The highest BCUT2D eigenvalue weighted by Crippen LogP contribution is 2.30. The zero-order valence-electron chi connectivity index (χ0n) is 15.0. The molecule has 6 nitrogen and oxygen atoms in total. The van der Waals surface area contributed by atoms with E-state index in [1.54, 1.807) is 19.2 Å². The number of carbonyl (C=O) groups excluding carboxylic acids is 1. The number of aromatic nitrogens is 3. The molecule has 0 fully saturated rings. The highest BCUT2D eigenvalue weighted by atomic mass is 32.2. The van der Waals surface area contributed by atoms with Gasteiger partial charge in [0.1, 0.15) is 11.6 Å². The normalized spacial score (nSPS) is 10.6. The van der Waals surface area contributed by atoms with E-state index in [1.165, 1.54) is 23.9 Å². The van der Waals surface area contributed by atoms with E-state index < -0.39 is 5.82 Å². The van der Waals surface area contributed by atoms with Crippen LogP contribution in [-0.2, 0) is 11.3 Å². The molecule has 0 aliphatic rings. The maximum Gasteiger partial charge on any atom is 0.234 e. The minimum atomic E-state index is -0.396. The van der Waals surface area contributed by atoms with E-state index in [4.69, 9.17) is 4.74 Å². The van der Waals surface area contributed by atoms with Crippen LogP contribution >= 0.6 is 11.8 Å². The van der Waals surface area contributed by atoms with Crippen LogP contribution in [0, 0.1) is 5.82 Å². The van der Waals surface area contributed by atoms with Crippen molar-refractivity contribution < 1.29 is 13.9 Å². The molecule has 3 rings (SSSR count). The van der Waals surface area contributed by atoms with Gasteiger partial charge in [-0.3, -0.25) is 4.79 Å². The van der Waals surface area contributed by atoms with Gasteiger partial charge in [-0.25, -0.2) is 4.39 Å². The molecule has 1 aromatic heterocycles. The van der Waals surface area contributed by atoms with Gasteiger partial charge in [-0.2, -0.15) is 0 Å². The molecule has 0 unspecified atom stereocenters. The zero-order chi connectivity index (χ0) is 19.2. The number of nitrogens with one attached hydrogen (secondary N) is 1. The lowest BCUT2D eigenvalue weighted by Crippen LogP contribution is -2.14. The smallest absolute Gasteiger partial charge is 0.234 e. The molecule has 1 heterocycles. The third-order valence-corrected chi connectivity index (χ3v) is 4.79. The second-order valence-corrected chi connectivity index (χ2v) is 6.54. The topological polar surface area (TPSA) is 69.0 Å². The van der Waals surface area contributed by atoms with E-state index in [9.17, 15) is 9.18 Å². The Morgan fingerprint density at radius 1 is 1.22 bits per heavy atom. The molecule has 0 radical (unpaired) electrons. The number of hydrogen-bond acceptors (Lipinski definition) is 5. The maximum atomic E-state index is 13.2. The number of para-hydroxylation sites is 1. The van der Waals surface area contributed by atoms with Crippen LogP contribution in [0.5, 0.6) is 5.75 Å². The Labute approximate surface area is 160 Å². The van der Waals surface area contributed by atoms with Crippen molar-refractivity contribution in [3.63, 3.8) is 0 Å². The molecule has 0 aliphatic heterocycles. The molecule has 0 spiro atoms. The molecule has 27 heavy (non-hydrogen) atoms. The van der Waals surface area contributed by atoms with Gasteiger partial charge in [0, 0.05) is 12.2 Å². The summed E-state index contributed by atoms with van der Waals surface area (Å²) in [6.07, 6.45) is 0. The number of thioether (sulfide) groups is 1. The van der Waals surface area contributed by atoms with Crippen molar-refractivity contribution in [1.82, 2.24) is 14.8 Å². The van der Waals surface area contributed by atoms with Crippen LogP contribution in [0.1, 0.15) is 6.92 Å². The number of carbonyl (C=O) groups is 1. The lowest BCUT2D eigenvalue weighted by molar-refractivity contribution is -0.113. The van der Waals surface area contributed by atoms with E-state index in [0.29, 0.717) is 29.0 Å². The molecule has 0 atom stereocenters. The van der Waals surface area contributed by atoms with Crippen LogP contribution in [0.15, 0.2) is 53.7 Å². The minimum absolute atomic E-state index is 0.139. The maximum absolute atomic E-state index is 13.2. The van der Waals surface area contributed by atoms with Gasteiger partial charge in [0.2, 0.25) is 5.91 Å². The van der Waals surface area contributed by atoms with E-state index in [1.807, 2.05) is 35.8 Å². The molecular weight excluding hydrogens is 367 g/mol. The van der Waals surface area contributed by atoms with Gasteiger partial charge in [-0.05, 0) is 37.3 Å². The molecule has 8 heteroatoms. The van der Waals surface area contributed by atoms with Crippen LogP contribution in [0.4, 0.5) is 10.1 Å². The molecule has 140 valence electrons. The van der Waals surface area contributed by atoms with Crippen LogP contribution in [0.3, 0.4) is 0 Å². The van der Waals surface area contributed by atoms with Crippen molar-refractivity contribution in [2.75, 3.05) is 18.2 Å². The van der Waals surface area contributed by atoms with Crippen LogP contribution in [-0.4, -0.2) is 33.5 Å². The zero-order valence-corrected chi connectivity index (χ0v) is 15.8. The van der Waals surface area contributed by atoms with E-state index in [2.05, 4.69) is 15.5 Å². The molecule has 0 bridgehead atoms. The first-order valence-corrected chi connectivity index (χ1v) is 9.35. The Hall–Kier alpha value is -2.87. The average molecular weight is 386 g/mol. The first-order chi connectivity index (χ1) is 13.1. The Morgan fingerprint density at radius 2 is 2.04 bits per heavy atom. The monoisotopic (exact) mass is 386 g/mol. The third kappa shape index (κ3) is 4.46. The summed E-state index contributed by atoms with van der Waals surface area (Å²) in [4.78, 5) is 12.1. The molecule has 3 aromatic rings. The molecule has 2 aromatic carbocycles. The number of amides is 1. The van der Waals surface area contributed by atoms with Crippen LogP contribution in [0.2, 0.25) is 0 Å². The number of ether oxygens (including phenoxy) is 1. The molecule has 1 amide bonds. The number of anilines is 1. The fraction of sp³-hybridized carbons (Fsp3) is 0.211. The Morgan fingerprint density at radius 3 is 2.78 bits per heavy atom. The van der Waals surface area contributed by atoms with Gasteiger partial charge < -0.3 is 14.6 Å². The summed E-state index contributed by atoms with van der Waals surface area (Å²) >= 11 is 1.27. The lowest BCUT2D eigenvalue weighted by Gasteiger charge is -2.10. The van der Waals surface area contributed by atoms with Crippen LogP contribution < -0.4 is 10.1 Å². The number of methoxy groups -OCH3 is 1. The minimum Gasteiger partial charge on any atom is -0.496 e. The predicted molar refractivity (Wildman–Crippen MR) is 103 cm³/mol. The number of halogens is 1. The summed E-state index contributed by atoms with van der Waals surface area (Å²) in [5.74, 6) is 0.895. The standard InChI is InChI=1S/C19H19FN4O2S/c1-3-24-18(15-9-4-5-10-16(15)26-2)22-23-19(24)27-12-17(25)21-14-8-6-7-13(20)11-14/h4-11H,3,12H2,1-2H3,(H,21,25). The number of rotatable bonds is 7. The fourth-order valence-corrected chi connectivity index (χ4v) is 3.40. The van der Waals surface area contributed by atoms with Crippen molar-refractivity contribution in [3.05, 3.63) is 54.3 Å². The first-order valence-electron chi connectivity index (χ1n) is 8.37. The van der Waals surface area contributed by atoms with E-state index in [0.717, 1.165) is 5.56 Å². The summed E-state index contributed by atoms with van der Waals surface area (Å²) in [7, 11) is 1.61. The van der Waals surface area contributed by atoms with E-state index >= 15 is 0 Å². The number of nitrogens with zero attached hydrogens (tertiary/aromatic N) is 3. The van der Waals surface area contributed by atoms with Gasteiger partial charge in [0.25, 0.3) is 0 Å². The molecular formula is C19H19FN4O2S. The summed E-state index contributed by atoms with van der Waals surface area (Å²) in [6.45, 7) is 2.63. The third-order valence-electron chi connectivity index (χ3n) is 3.82. The predicted octanol–water partition coefficient (Wildman–Crippen LogP) is 3.84. The summed E-state index contributed by atoms with van der Waals surface area (Å²) in [6, 6.07) is 13.4. The Bertz CT molecular complexity index is 945. The van der Waals surface area contributed by atoms with Crippen molar-refractivity contribution in [3.8, 4) is 17.1 Å².